The van der Waals surface area contributed by atoms with Gasteiger partial charge in [0.05, 0.1) is 0 Å². The van der Waals surface area contributed by atoms with Crippen LogP contribution < -0.4 is 5.32 Å². The summed E-state index contributed by atoms with van der Waals surface area (Å²) < 4.78 is 3.19. The first-order chi connectivity index (χ1) is 8.58. The summed E-state index contributed by atoms with van der Waals surface area (Å²) in [6.45, 7) is 0.504. The van der Waals surface area contributed by atoms with E-state index in [0.29, 0.717) is 24.6 Å². The monoisotopic (exact) mass is 251 g/mol. The van der Waals surface area contributed by atoms with Crippen molar-refractivity contribution < 1.29 is 4.92 Å². The molecule has 0 aliphatic heterocycles. The third-order valence-corrected chi connectivity index (χ3v) is 2.38. The van der Waals surface area contributed by atoms with E-state index in [4.69, 9.17) is 0 Å². The Morgan fingerprint density at radius 3 is 2.78 bits per heavy atom. The predicted molar refractivity (Wildman–Crippen MR) is 63.1 cm³/mol. The first-order valence-corrected chi connectivity index (χ1v) is 5.32. The minimum Gasteiger partial charge on any atom is -0.364 e. The summed E-state index contributed by atoms with van der Waals surface area (Å²) in [6, 6.07) is 0. The van der Waals surface area contributed by atoms with Gasteiger partial charge in [0.15, 0.2) is 5.82 Å². The van der Waals surface area contributed by atoms with Crippen LogP contribution in [-0.4, -0.2) is 35.8 Å². The van der Waals surface area contributed by atoms with E-state index in [0.717, 1.165) is 0 Å². The highest BCUT2D eigenvalue weighted by Gasteiger charge is 2.19. The van der Waals surface area contributed by atoms with Crippen LogP contribution in [0, 0.1) is 10.1 Å². The molecule has 0 radical (unpaired) electrons. The summed E-state index contributed by atoms with van der Waals surface area (Å²) in [6.07, 6.45) is 3.60. The third kappa shape index (κ3) is 2.44. The summed E-state index contributed by atoms with van der Waals surface area (Å²) in [5.74, 6) is 0.900. The number of hydrogen-bond acceptors (Lipinski definition) is 6. The first-order valence-electron chi connectivity index (χ1n) is 5.32. The maximum atomic E-state index is 10.7. The number of hydrogen-bond donors (Lipinski definition) is 1. The van der Waals surface area contributed by atoms with E-state index in [-0.39, 0.29) is 5.82 Å². The Morgan fingerprint density at radius 1 is 1.39 bits per heavy atom. The van der Waals surface area contributed by atoms with Crippen molar-refractivity contribution in [1.29, 1.82) is 0 Å². The molecule has 0 atom stereocenters. The van der Waals surface area contributed by atoms with Crippen LogP contribution in [0.15, 0.2) is 12.7 Å². The quantitative estimate of drug-likeness (QED) is 0.597. The molecule has 2 heterocycles. The second-order valence-corrected chi connectivity index (χ2v) is 3.80. The van der Waals surface area contributed by atoms with Crippen molar-refractivity contribution in [2.75, 3.05) is 11.9 Å². The van der Waals surface area contributed by atoms with Crippen molar-refractivity contribution in [3.8, 4) is 0 Å². The molecule has 0 bridgehead atoms. The normalized spacial score (nSPS) is 10.6. The molecule has 0 amide bonds. The zero-order valence-electron chi connectivity index (χ0n) is 10.1. The summed E-state index contributed by atoms with van der Waals surface area (Å²) in [5.41, 5.74) is 0. The number of rotatable bonds is 5. The molecule has 0 unspecified atom stereocenters. The van der Waals surface area contributed by atoms with Gasteiger partial charge < -0.3 is 15.4 Å². The molecule has 9 nitrogen and oxygen atoms in total. The number of anilines is 1. The zero-order chi connectivity index (χ0) is 13.1. The Balaban J connectivity index is 1.98. The highest BCUT2D eigenvalue weighted by molar-refractivity contribution is 5.51. The summed E-state index contributed by atoms with van der Waals surface area (Å²) >= 11 is 0. The maximum absolute atomic E-state index is 10.7. The van der Waals surface area contributed by atoms with Gasteiger partial charge in [0.2, 0.25) is 12.1 Å². The highest BCUT2D eigenvalue weighted by atomic mass is 16.6. The largest absolute Gasteiger partial charge is 0.406 e. The minimum absolute atomic E-state index is 0.175. The Bertz CT molecular complexity index is 559. The number of aromatic nitrogens is 5. The number of imidazole rings is 1. The Hall–Kier alpha value is -2.45. The van der Waals surface area contributed by atoms with Crippen LogP contribution in [0.2, 0.25) is 0 Å². The van der Waals surface area contributed by atoms with Crippen molar-refractivity contribution in [3.05, 3.63) is 28.6 Å². The van der Waals surface area contributed by atoms with Crippen LogP contribution >= 0.6 is 0 Å². The number of nitro groups is 1. The minimum atomic E-state index is -0.513. The lowest BCUT2D eigenvalue weighted by Gasteiger charge is -2.04. The second-order valence-electron chi connectivity index (χ2n) is 3.80. The van der Waals surface area contributed by atoms with Crippen LogP contribution in [0.25, 0.3) is 0 Å². The lowest BCUT2D eigenvalue weighted by atomic mass is 10.4. The smallest absolute Gasteiger partial charge is 0.364 e. The summed E-state index contributed by atoms with van der Waals surface area (Å²) in [5, 5.41) is 17.8. The molecule has 9 heteroatoms. The number of aryl methyl sites for hydroxylation is 2. The van der Waals surface area contributed by atoms with Crippen molar-refractivity contribution in [2.24, 2.45) is 14.1 Å². The standard InChI is InChI=1S/C9H13N7O2/c1-14-5-12-9(16(17)18)8(14)10-4-3-7-11-6-15(2)13-7/h5-6,10H,3-4H2,1-2H3. The highest BCUT2D eigenvalue weighted by Crippen LogP contribution is 2.20. The van der Waals surface area contributed by atoms with Crippen molar-refractivity contribution in [2.45, 2.75) is 6.42 Å². The van der Waals surface area contributed by atoms with Crippen LogP contribution in [0.3, 0.4) is 0 Å². The maximum Gasteiger partial charge on any atom is 0.406 e. The van der Waals surface area contributed by atoms with Crippen molar-refractivity contribution in [3.63, 3.8) is 0 Å². The zero-order valence-corrected chi connectivity index (χ0v) is 10.1. The molecule has 0 aliphatic carbocycles. The van der Waals surface area contributed by atoms with Gasteiger partial charge in [-0.05, 0) is 9.91 Å². The topological polar surface area (TPSA) is 104 Å². The Morgan fingerprint density at radius 2 is 2.17 bits per heavy atom. The van der Waals surface area contributed by atoms with Gasteiger partial charge in [0.25, 0.3) is 0 Å². The predicted octanol–water partition coefficient (Wildman–Crippen LogP) is 0.111. The molecule has 0 spiro atoms. The van der Waals surface area contributed by atoms with E-state index in [1.165, 1.54) is 6.33 Å². The number of nitrogens with one attached hydrogen (secondary N) is 1. The van der Waals surface area contributed by atoms with Crippen LogP contribution in [0.5, 0.6) is 0 Å². The molecule has 18 heavy (non-hydrogen) atoms. The number of nitrogens with zero attached hydrogens (tertiary/aromatic N) is 6. The molecule has 0 fully saturated rings. The molecule has 1 N–H and O–H groups in total. The van der Waals surface area contributed by atoms with Gasteiger partial charge in [-0.3, -0.25) is 9.25 Å². The molecule has 0 aliphatic rings. The van der Waals surface area contributed by atoms with Gasteiger partial charge in [-0.2, -0.15) is 5.10 Å². The van der Waals surface area contributed by atoms with Crippen LogP contribution in [-0.2, 0) is 20.5 Å². The fourth-order valence-electron chi connectivity index (χ4n) is 1.55. The third-order valence-electron chi connectivity index (χ3n) is 2.38. The fourth-order valence-corrected chi connectivity index (χ4v) is 1.55. The van der Waals surface area contributed by atoms with Crippen molar-refractivity contribution >= 4 is 11.6 Å². The van der Waals surface area contributed by atoms with E-state index in [9.17, 15) is 10.1 Å². The van der Waals surface area contributed by atoms with Crippen molar-refractivity contribution in [1.82, 2.24) is 24.3 Å². The molecule has 0 saturated heterocycles. The van der Waals surface area contributed by atoms with Gasteiger partial charge in [-0.25, -0.2) is 4.98 Å². The second kappa shape index (κ2) is 4.82. The fraction of sp³-hybridized carbons (Fsp3) is 0.444. The van der Waals surface area contributed by atoms with E-state index < -0.39 is 4.92 Å². The molecule has 96 valence electrons. The average Bonchev–Trinajstić information content (AvgIpc) is 2.87. The Kier molecular flexibility index (Phi) is 3.22. The summed E-state index contributed by atoms with van der Waals surface area (Å²) in [7, 11) is 3.48. The van der Waals surface area contributed by atoms with Crippen LogP contribution in [0.1, 0.15) is 5.82 Å². The van der Waals surface area contributed by atoms with Gasteiger partial charge >= 0.3 is 5.82 Å². The summed E-state index contributed by atoms with van der Waals surface area (Å²) in [4.78, 5) is 18.0. The van der Waals surface area contributed by atoms with E-state index >= 15 is 0 Å². The molecular formula is C9H13N7O2. The van der Waals surface area contributed by atoms with Crippen LogP contribution in [0.4, 0.5) is 11.6 Å². The molecule has 2 aromatic rings. The lowest BCUT2D eigenvalue weighted by molar-refractivity contribution is -0.388. The molecule has 0 aromatic carbocycles. The van der Waals surface area contributed by atoms with E-state index in [2.05, 4.69) is 20.4 Å². The van der Waals surface area contributed by atoms with Gasteiger partial charge in [0.1, 0.15) is 6.33 Å². The van der Waals surface area contributed by atoms with Gasteiger partial charge in [0, 0.05) is 27.1 Å². The van der Waals surface area contributed by atoms with Gasteiger partial charge in [-0.1, -0.05) is 0 Å². The molecule has 2 rings (SSSR count). The molecular weight excluding hydrogens is 238 g/mol. The SMILES string of the molecule is Cn1cnc(CCNc2c([N+](=O)[O-])ncn2C)n1. The first kappa shape index (κ1) is 12.0. The molecule has 0 saturated carbocycles. The average molecular weight is 251 g/mol. The Labute approximate surface area is 103 Å². The van der Waals surface area contributed by atoms with E-state index in [1.807, 2.05) is 0 Å². The lowest BCUT2D eigenvalue weighted by Crippen LogP contribution is -2.10. The van der Waals surface area contributed by atoms with E-state index in [1.54, 1.807) is 29.7 Å². The molecule has 2 aromatic heterocycles. The van der Waals surface area contributed by atoms with Gasteiger partial charge in [-0.15, -0.1) is 0 Å².